The van der Waals surface area contributed by atoms with Gasteiger partial charge >= 0.3 is 0 Å². The van der Waals surface area contributed by atoms with E-state index in [1.54, 1.807) is 0 Å². The maximum absolute atomic E-state index is 4.24. The molecule has 0 saturated heterocycles. The van der Waals surface area contributed by atoms with E-state index in [9.17, 15) is 0 Å². The van der Waals surface area contributed by atoms with Crippen molar-refractivity contribution in [3.8, 4) is 0 Å². The molecule has 0 aliphatic heterocycles. The van der Waals surface area contributed by atoms with Gasteiger partial charge in [0.1, 0.15) is 0 Å². The minimum absolute atomic E-state index is 0.392. The molecule has 4 heteroatoms. The van der Waals surface area contributed by atoms with Crippen molar-refractivity contribution in [2.75, 3.05) is 13.1 Å². The van der Waals surface area contributed by atoms with Crippen LogP contribution in [0.2, 0.25) is 0 Å². The van der Waals surface area contributed by atoms with Crippen molar-refractivity contribution >= 4 is 22.6 Å². The second kappa shape index (κ2) is 5.39. The lowest BCUT2D eigenvalue weighted by Gasteiger charge is -2.11. The third-order valence-electron chi connectivity index (χ3n) is 1.75. The lowest BCUT2D eigenvalue weighted by atomic mass is 10.3. The molecule has 72 valence electrons. The molecule has 1 aromatic rings. The molecule has 1 unspecified atom stereocenters. The lowest BCUT2D eigenvalue weighted by molar-refractivity contribution is 0.463. The topological polar surface area (TPSA) is 29.9 Å². The minimum Gasteiger partial charge on any atom is -0.311 e. The molecule has 1 N–H and O–H groups in total. The van der Waals surface area contributed by atoms with E-state index in [4.69, 9.17) is 0 Å². The average molecular weight is 291 g/mol. The zero-order chi connectivity index (χ0) is 9.68. The van der Waals surface area contributed by atoms with E-state index >= 15 is 0 Å². The molecule has 1 heterocycles. The Morgan fingerprint density at radius 3 is 3.15 bits per heavy atom. The Morgan fingerprint density at radius 2 is 2.62 bits per heavy atom. The van der Waals surface area contributed by atoms with Crippen LogP contribution >= 0.6 is 22.6 Å². The average Bonchev–Trinajstić information content (AvgIpc) is 2.52. The van der Waals surface area contributed by atoms with Gasteiger partial charge in [-0.15, -0.1) is 6.58 Å². The summed E-state index contributed by atoms with van der Waals surface area (Å²) in [7, 11) is 0. The van der Waals surface area contributed by atoms with Gasteiger partial charge in [0, 0.05) is 19.3 Å². The summed E-state index contributed by atoms with van der Waals surface area (Å²) >= 11 is 2.26. The largest absolute Gasteiger partial charge is 0.311 e. The second-order valence-corrected chi connectivity index (χ2v) is 4.18. The van der Waals surface area contributed by atoms with Crippen molar-refractivity contribution in [3.05, 3.63) is 28.6 Å². The van der Waals surface area contributed by atoms with Gasteiger partial charge in [-0.3, -0.25) is 4.68 Å². The van der Waals surface area contributed by atoms with Crippen molar-refractivity contribution < 1.29 is 0 Å². The van der Waals surface area contributed by atoms with E-state index < -0.39 is 0 Å². The van der Waals surface area contributed by atoms with Gasteiger partial charge in [-0.1, -0.05) is 6.08 Å². The monoisotopic (exact) mass is 291 g/mol. The Balaban J connectivity index is 2.39. The highest BCUT2D eigenvalue weighted by atomic mass is 127. The molecular formula is C9H14IN3. The van der Waals surface area contributed by atoms with Crippen molar-refractivity contribution in [2.45, 2.75) is 13.0 Å². The van der Waals surface area contributed by atoms with E-state index in [2.05, 4.69) is 46.5 Å². The molecule has 0 aliphatic carbocycles. The van der Waals surface area contributed by atoms with Gasteiger partial charge in [0.25, 0.3) is 0 Å². The summed E-state index contributed by atoms with van der Waals surface area (Å²) in [5, 5.41) is 7.50. The van der Waals surface area contributed by atoms with Crippen LogP contribution in [0, 0.1) is 3.57 Å². The van der Waals surface area contributed by atoms with E-state index in [-0.39, 0.29) is 0 Å². The van der Waals surface area contributed by atoms with Gasteiger partial charge in [-0.05, 0) is 29.5 Å². The Kier molecular flexibility index (Phi) is 4.44. The fraction of sp³-hybridized carbons (Fsp3) is 0.444. The molecule has 0 fully saturated rings. The van der Waals surface area contributed by atoms with Crippen molar-refractivity contribution in [3.63, 3.8) is 0 Å². The molecule has 1 aromatic heterocycles. The highest BCUT2D eigenvalue weighted by Gasteiger charge is 2.03. The summed E-state index contributed by atoms with van der Waals surface area (Å²) in [5.41, 5.74) is 0. The highest BCUT2D eigenvalue weighted by Crippen LogP contribution is 2.07. The van der Waals surface area contributed by atoms with Gasteiger partial charge in [0.05, 0.1) is 15.8 Å². The summed E-state index contributed by atoms with van der Waals surface area (Å²) in [6, 6.07) is 0.392. The van der Waals surface area contributed by atoms with E-state index in [1.807, 2.05) is 23.2 Å². The summed E-state index contributed by atoms with van der Waals surface area (Å²) in [4.78, 5) is 0. The third kappa shape index (κ3) is 3.48. The van der Waals surface area contributed by atoms with Gasteiger partial charge < -0.3 is 5.32 Å². The van der Waals surface area contributed by atoms with Crippen molar-refractivity contribution in [1.29, 1.82) is 0 Å². The fourth-order valence-corrected chi connectivity index (χ4v) is 1.45. The molecule has 0 bridgehead atoms. The lowest BCUT2D eigenvalue weighted by Crippen LogP contribution is -2.23. The number of nitrogens with zero attached hydrogens (tertiary/aromatic N) is 2. The molecule has 0 saturated carbocycles. The molecular weight excluding hydrogens is 277 g/mol. The van der Waals surface area contributed by atoms with Gasteiger partial charge in [-0.2, -0.15) is 5.10 Å². The van der Waals surface area contributed by atoms with Gasteiger partial charge in [0.2, 0.25) is 0 Å². The van der Waals surface area contributed by atoms with E-state index in [0.29, 0.717) is 6.04 Å². The molecule has 0 radical (unpaired) electrons. The van der Waals surface area contributed by atoms with Crippen LogP contribution < -0.4 is 5.32 Å². The number of aromatic nitrogens is 2. The fourth-order valence-electron chi connectivity index (χ4n) is 1.04. The Bertz CT molecular complexity index is 270. The molecule has 0 aromatic carbocycles. The molecule has 0 aliphatic rings. The first-order valence-corrected chi connectivity index (χ1v) is 5.33. The zero-order valence-electron chi connectivity index (χ0n) is 7.70. The number of hydrogen-bond donors (Lipinski definition) is 1. The number of halogens is 1. The van der Waals surface area contributed by atoms with Crippen LogP contribution in [0.15, 0.2) is 25.0 Å². The quantitative estimate of drug-likeness (QED) is 0.509. The SMILES string of the molecule is C=CCNCC(C)n1cc(I)cn1. The maximum Gasteiger partial charge on any atom is 0.0623 e. The van der Waals surface area contributed by atoms with Crippen LogP contribution in [0.3, 0.4) is 0 Å². The predicted molar refractivity (Wildman–Crippen MR) is 62.7 cm³/mol. The summed E-state index contributed by atoms with van der Waals surface area (Å²) in [5.74, 6) is 0. The molecule has 1 rings (SSSR count). The van der Waals surface area contributed by atoms with Crippen molar-refractivity contribution in [1.82, 2.24) is 15.1 Å². The van der Waals surface area contributed by atoms with E-state index in [0.717, 1.165) is 13.1 Å². The van der Waals surface area contributed by atoms with Crippen molar-refractivity contribution in [2.24, 2.45) is 0 Å². The number of rotatable bonds is 5. The van der Waals surface area contributed by atoms with Crippen LogP contribution in [0.25, 0.3) is 0 Å². The minimum atomic E-state index is 0.392. The highest BCUT2D eigenvalue weighted by molar-refractivity contribution is 14.1. The standard InChI is InChI=1S/C9H14IN3/c1-3-4-11-5-8(2)13-7-9(10)6-12-13/h3,6-8,11H,1,4-5H2,2H3. The van der Waals surface area contributed by atoms with Gasteiger partial charge in [0.15, 0.2) is 0 Å². The first-order chi connectivity index (χ1) is 6.24. The Hall–Kier alpha value is -0.360. The predicted octanol–water partition coefficient (Wildman–Crippen LogP) is 1.82. The first-order valence-electron chi connectivity index (χ1n) is 4.25. The number of nitrogens with one attached hydrogen (secondary N) is 1. The van der Waals surface area contributed by atoms with E-state index in [1.165, 1.54) is 3.57 Å². The van der Waals surface area contributed by atoms with Crippen LogP contribution in [0.5, 0.6) is 0 Å². The second-order valence-electron chi connectivity index (χ2n) is 2.93. The third-order valence-corrected chi connectivity index (χ3v) is 2.31. The summed E-state index contributed by atoms with van der Waals surface area (Å²) < 4.78 is 3.14. The molecule has 1 atom stereocenters. The molecule has 0 amide bonds. The Labute approximate surface area is 92.4 Å². The molecule has 0 spiro atoms. The summed E-state index contributed by atoms with van der Waals surface area (Å²) in [6.45, 7) is 7.56. The first kappa shape index (κ1) is 10.7. The maximum atomic E-state index is 4.24. The molecule has 3 nitrogen and oxygen atoms in total. The van der Waals surface area contributed by atoms with Gasteiger partial charge in [-0.25, -0.2) is 0 Å². The smallest absolute Gasteiger partial charge is 0.0623 e. The summed E-state index contributed by atoms with van der Waals surface area (Å²) in [6.07, 6.45) is 5.77. The Morgan fingerprint density at radius 1 is 1.85 bits per heavy atom. The van der Waals surface area contributed by atoms with Crippen LogP contribution in [0.4, 0.5) is 0 Å². The zero-order valence-corrected chi connectivity index (χ0v) is 9.86. The molecule has 13 heavy (non-hydrogen) atoms. The van der Waals surface area contributed by atoms with Crippen LogP contribution in [-0.4, -0.2) is 22.9 Å². The normalized spacial score (nSPS) is 12.8. The van der Waals surface area contributed by atoms with Crippen LogP contribution in [0.1, 0.15) is 13.0 Å². The number of hydrogen-bond acceptors (Lipinski definition) is 2. The van der Waals surface area contributed by atoms with Crippen LogP contribution in [-0.2, 0) is 0 Å².